The van der Waals surface area contributed by atoms with Crippen LogP contribution in [0.25, 0.3) is 0 Å². The summed E-state index contributed by atoms with van der Waals surface area (Å²) in [5.74, 6) is 0. The molecule has 0 heterocycles. The summed E-state index contributed by atoms with van der Waals surface area (Å²) in [5.41, 5.74) is 5.08. The highest BCUT2D eigenvalue weighted by atomic mass is 32.1. The molecule has 5 heteroatoms. The fourth-order valence-electron chi connectivity index (χ4n) is 0.268. The molecule has 0 aliphatic carbocycles. The van der Waals surface area contributed by atoms with Crippen molar-refractivity contribution >= 4 is 34.7 Å². The molecular formula is C4H8N2OS2. The summed E-state index contributed by atoms with van der Waals surface area (Å²) in [6, 6.07) is 0. The highest BCUT2D eigenvalue weighted by Crippen LogP contribution is 1.75. The Morgan fingerprint density at radius 3 is 2.56 bits per heavy atom. The van der Waals surface area contributed by atoms with Gasteiger partial charge in [-0.3, -0.25) is 5.32 Å². The monoisotopic (exact) mass is 164 g/mol. The van der Waals surface area contributed by atoms with Crippen LogP contribution in [0.15, 0.2) is 0 Å². The molecule has 0 aromatic rings. The van der Waals surface area contributed by atoms with E-state index in [0.29, 0.717) is 6.61 Å². The molecule has 0 amide bonds. The fraction of sp³-hybridized carbons (Fsp3) is 0.500. The molecule has 0 rings (SSSR count). The van der Waals surface area contributed by atoms with Gasteiger partial charge in [0.05, 0.1) is 6.61 Å². The number of hydrogen-bond acceptors (Lipinski definition) is 3. The number of nitrogens with one attached hydrogen (secondary N) is 1. The Bertz CT molecular complexity index is 126. The molecule has 3 N–H and O–H groups in total. The molecule has 3 nitrogen and oxygen atoms in total. The van der Waals surface area contributed by atoms with E-state index in [4.69, 9.17) is 10.5 Å². The molecule has 0 aliphatic heterocycles. The molecule has 0 aliphatic rings. The van der Waals surface area contributed by atoms with Crippen molar-refractivity contribution in [2.45, 2.75) is 6.92 Å². The van der Waals surface area contributed by atoms with Crippen molar-refractivity contribution in [3.8, 4) is 0 Å². The second-order valence-electron chi connectivity index (χ2n) is 1.21. The zero-order valence-electron chi connectivity index (χ0n) is 5.01. The molecule has 9 heavy (non-hydrogen) atoms. The van der Waals surface area contributed by atoms with Gasteiger partial charge in [0.2, 0.25) is 0 Å². The average molecular weight is 164 g/mol. The van der Waals surface area contributed by atoms with Crippen LogP contribution in [0.1, 0.15) is 6.92 Å². The number of nitrogens with two attached hydrogens (primary N) is 1. The zero-order chi connectivity index (χ0) is 7.28. The summed E-state index contributed by atoms with van der Waals surface area (Å²) < 4.78 is 4.81. The van der Waals surface area contributed by atoms with Crippen molar-refractivity contribution < 1.29 is 4.74 Å². The lowest BCUT2D eigenvalue weighted by molar-refractivity contribution is 0.327. The first-order chi connectivity index (χ1) is 4.16. The lowest BCUT2D eigenvalue weighted by Crippen LogP contribution is -2.34. The van der Waals surface area contributed by atoms with E-state index in [1.165, 1.54) is 0 Å². The molecular weight excluding hydrogens is 156 g/mol. The van der Waals surface area contributed by atoms with Gasteiger partial charge in [-0.15, -0.1) is 0 Å². The third-order valence-corrected chi connectivity index (χ3v) is 0.823. The van der Waals surface area contributed by atoms with Crippen molar-refractivity contribution in [3.63, 3.8) is 0 Å². The van der Waals surface area contributed by atoms with Crippen LogP contribution in [-0.2, 0) is 4.74 Å². The molecule has 0 spiro atoms. The Labute approximate surface area is 64.6 Å². The fourth-order valence-corrected chi connectivity index (χ4v) is 0.653. The van der Waals surface area contributed by atoms with E-state index >= 15 is 0 Å². The lowest BCUT2D eigenvalue weighted by atomic mass is 10.9. The third kappa shape index (κ3) is 5.45. The second kappa shape index (κ2) is 4.46. The van der Waals surface area contributed by atoms with Crippen LogP contribution in [0.2, 0.25) is 0 Å². The second-order valence-corrected chi connectivity index (χ2v) is 2.02. The summed E-state index contributed by atoms with van der Waals surface area (Å²) in [6.45, 7) is 2.35. The first-order valence-corrected chi connectivity index (χ1v) is 3.21. The van der Waals surface area contributed by atoms with Gasteiger partial charge in [0.1, 0.15) is 0 Å². The van der Waals surface area contributed by atoms with E-state index in [9.17, 15) is 0 Å². The lowest BCUT2D eigenvalue weighted by Gasteiger charge is -2.03. The van der Waals surface area contributed by atoms with Gasteiger partial charge in [-0.2, -0.15) is 0 Å². The van der Waals surface area contributed by atoms with Crippen LogP contribution < -0.4 is 11.1 Å². The molecule has 0 unspecified atom stereocenters. The van der Waals surface area contributed by atoms with Crippen molar-refractivity contribution in [2.75, 3.05) is 6.61 Å². The van der Waals surface area contributed by atoms with Crippen LogP contribution in [-0.4, -0.2) is 16.9 Å². The highest BCUT2D eigenvalue weighted by Gasteiger charge is 1.92. The molecule has 0 atom stereocenters. The number of ether oxygens (including phenoxy) is 1. The largest absolute Gasteiger partial charge is 0.471 e. The quantitative estimate of drug-likeness (QED) is 0.540. The number of hydrogen-bond donors (Lipinski definition) is 2. The van der Waals surface area contributed by atoms with E-state index in [1.54, 1.807) is 0 Å². The van der Waals surface area contributed by atoms with E-state index in [-0.39, 0.29) is 10.3 Å². The van der Waals surface area contributed by atoms with Crippen molar-refractivity contribution in [3.05, 3.63) is 0 Å². The highest BCUT2D eigenvalue weighted by molar-refractivity contribution is 7.81. The summed E-state index contributed by atoms with van der Waals surface area (Å²) in [5, 5.41) is 2.82. The molecule has 0 aromatic carbocycles. The maximum atomic E-state index is 5.08. The van der Waals surface area contributed by atoms with Crippen LogP contribution >= 0.6 is 24.4 Å². The summed E-state index contributed by atoms with van der Waals surface area (Å²) in [4.78, 5) is 0. The van der Waals surface area contributed by atoms with E-state index in [2.05, 4.69) is 29.8 Å². The third-order valence-electron chi connectivity index (χ3n) is 0.501. The predicted octanol–water partition coefficient (Wildman–Crippen LogP) is 0.141. The van der Waals surface area contributed by atoms with Crippen LogP contribution in [0, 0.1) is 0 Å². The molecule has 0 radical (unpaired) electrons. The Morgan fingerprint density at radius 2 is 2.22 bits per heavy atom. The Kier molecular flexibility index (Phi) is 4.25. The van der Waals surface area contributed by atoms with Gasteiger partial charge in [-0.25, -0.2) is 0 Å². The van der Waals surface area contributed by atoms with Gasteiger partial charge in [-0.1, -0.05) is 0 Å². The van der Waals surface area contributed by atoms with E-state index < -0.39 is 0 Å². The molecule has 0 saturated carbocycles. The Hall–Kier alpha value is -0.420. The van der Waals surface area contributed by atoms with Crippen molar-refractivity contribution in [1.82, 2.24) is 5.32 Å². The minimum Gasteiger partial charge on any atom is -0.471 e. The van der Waals surface area contributed by atoms with Crippen molar-refractivity contribution in [1.29, 1.82) is 0 Å². The minimum absolute atomic E-state index is 0.133. The van der Waals surface area contributed by atoms with Gasteiger partial charge in [0.25, 0.3) is 5.17 Å². The first-order valence-electron chi connectivity index (χ1n) is 2.40. The molecule has 0 bridgehead atoms. The molecule has 0 fully saturated rings. The topological polar surface area (TPSA) is 47.3 Å². The maximum absolute atomic E-state index is 5.08. The molecule has 0 aromatic heterocycles. The predicted molar refractivity (Wildman–Crippen MR) is 44.1 cm³/mol. The average Bonchev–Trinajstić information content (AvgIpc) is 1.63. The van der Waals surface area contributed by atoms with Gasteiger partial charge in [-0.05, 0) is 31.4 Å². The first kappa shape index (κ1) is 8.58. The van der Waals surface area contributed by atoms with Gasteiger partial charge in [0.15, 0.2) is 5.11 Å². The molecule has 52 valence electrons. The minimum atomic E-state index is 0.133. The summed E-state index contributed by atoms with van der Waals surface area (Å²) >= 11 is 9.11. The van der Waals surface area contributed by atoms with Gasteiger partial charge in [0, 0.05) is 0 Å². The van der Waals surface area contributed by atoms with Crippen LogP contribution in [0.3, 0.4) is 0 Å². The van der Waals surface area contributed by atoms with Crippen LogP contribution in [0.4, 0.5) is 0 Å². The smallest absolute Gasteiger partial charge is 0.262 e. The van der Waals surface area contributed by atoms with E-state index in [1.807, 2.05) is 6.92 Å². The standard InChI is InChI=1S/C4H8N2OS2/c1-2-7-4(9)6-3(5)8/h2H2,1H3,(H3,5,6,8,9). The SMILES string of the molecule is CCOC(=S)NC(N)=S. The van der Waals surface area contributed by atoms with E-state index in [0.717, 1.165) is 0 Å². The number of thiocarbonyl (C=S) groups is 2. The van der Waals surface area contributed by atoms with Gasteiger partial charge >= 0.3 is 0 Å². The molecule has 0 saturated heterocycles. The summed E-state index contributed by atoms with van der Waals surface area (Å²) in [6.07, 6.45) is 0. The van der Waals surface area contributed by atoms with Gasteiger partial charge < -0.3 is 10.5 Å². The number of rotatable bonds is 1. The maximum Gasteiger partial charge on any atom is 0.262 e. The zero-order valence-corrected chi connectivity index (χ0v) is 6.64. The van der Waals surface area contributed by atoms with Crippen molar-refractivity contribution in [2.24, 2.45) is 5.73 Å². The Balaban J connectivity index is 3.39. The normalized spacial score (nSPS) is 8.11. The Morgan fingerprint density at radius 1 is 1.67 bits per heavy atom. The summed E-state index contributed by atoms with van der Waals surface area (Å²) in [7, 11) is 0. The van der Waals surface area contributed by atoms with Crippen LogP contribution in [0.5, 0.6) is 0 Å².